The van der Waals surface area contributed by atoms with Crippen LogP contribution in [0.1, 0.15) is 0 Å². The van der Waals surface area contributed by atoms with Crippen LogP contribution in [0.5, 0.6) is 0 Å². The maximum absolute atomic E-state index is 11.7. The third-order valence-electron chi connectivity index (χ3n) is 1.81. The highest BCUT2D eigenvalue weighted by atomic mass is 32.2. The highest BCUT2D eigenvalue weighted by Crippen LogP contribution is 2.21. The second-order valence-corrected chi connectivity index (χ2v) is 5.61. The number of aromatic nitrogens is 2. The average molecular weight is 219 g/mol. The summed E-state index contributed by atoms with van der Waals surface area (Å²) in [6.45, 7) is 0.589. The Balaban J connectivity index is 2.30. The minimum atomic E-state index is -3.30. The zero-order valence-corrected chi connectivity index (χ0v) is 8.44. The van der Waals surface area contributed by atoms with Crippen LogP contribution in [-0.4, -0.2) is 40.9 Å². The van der Waals surface area contributed by atoms with Gasteiger partial charge in [-0.25, -0.2) is 13.4 Å². The van der Waals surface area contributed by atoms with Gasteiger partial charge in [-0.05, 0) is 0 Å². The van der Waals surface area contributed by atoms with Crippen molar-refractivity contribution in [2.45, 2.75) is 5.03 Å². The van der Waals surface area contributed by atoms with E-state index in [4.69, 9.17) is 0 Å². The predicted octanol–water partition coefficient (Wildman–Crippen LogP) is 0.105. The number of hydrogen-bond donors (Lipinski definition) is 1. The third-order valence-corrected chi connectivity index (χ3v) is 4.71. The molecule has 1 fully saturated rings. The van der Waals surface area contributed by atoms with E-state index in [1.165, 1.54) is 16.8 Å². The van der Waals surface area contributed by atoms with Gasteiger partial charge in [-0.3, -0.25) is 0 Å². The van der Waals surface area contributed by atoms with Crippen molar-refractivity contribution in [2.75, 3.05) is 18.2 Å². The number of nitrogens with zero attached hydrogens (tertiary/aromatic N) is 2. The standard InChI is InChI=1S/C6H9N3O2S2/c10-13(11,6-3-7-4-8-6)9-1-2-12-5-9/h3-4H,1-2,5H2,(H,7,8). The van der Waals surface area contributed by atoms with Gasteiger partial charge in [0.25, 0.3) is 10.0 Å². The molecule has 0 atom stereocenters. The first-order valence-corrected chi connectivity index (χ1v) is 6.37. The number of imidazole rings is 1. The zero-order chi connectivity index (χ0) is 9.31. The Bertz CT molecular complexity index is 367. The molecule has 0 aromatic carbocycles. The topological polar surface area (TPSA) is 66.1 Å². The molecule has 1 saturated heterocycles. The van der Waals surface area contributed by atoms with Crippen molar-refractivity contribution in [1.82, 2.24) is 14.3 Å². The van der Waals surface area contributed by atoms with Crippen LogP contribution in [0, 0.1) is 0 Å². The van der Waals surface area contributed by atoms with Crippen LogP contribution in [0.25, 0.3) is 0 Å². The van der Waals surface area contributed by atoms with E-state index < -0.39 is 10.0 Å². The van der Waals surface area contributed by atoms with E-state index in [0.29, 0.717) is 12.4 Å². The van der Waals surface area contributed by atoms with Gasteiger partial charge in [-0.1, -0.05) is 0 Å². The molecule has 7 heteroatoms. The van der Waals surface area contributed by atoms with Gasteiger partial charge in [0.15, 0.2) is 5.03 Å². The van der Waals surface area contributed by atoms with Gasteiger partial charge in [0.2, 0.25) is 0 Å². The summed E-state index contributed by atoms with van der Waals surface area (Å²) in [5, 5.41) is 0.176. The molecule has 1 aliphatic rings. The number of sulfonamides is 1. The maximum atomic E-state index is 11.7. The van der Waals surface area contributed by atoms with Crippen LogP contribution in [0.4, 0.5) is 0 Å². The Hall–Kier alpha value is -0.530. The molecule has 5 nitrogen and oxygen atoms in total. The molecule has 0 spiro atoms. The molecule has 0 saturated carbocycles. The van der Waals surface area contributed by atoms with Gasteiger partial charge in [-0.2, -0.15) is 4.31 Å². The molecule has 72 valence electrons. The molecule has 2 heterocycles. The van der Waals surface area contributed by atoms with E-state index in [9.17, 15) is 8.42 Å². The van der Waals surface area contributed by atoms with Crippen molar-refractivity contribution in [2.24, 2.45) is 0 Å². The monoisotopic (exact) mass is 219 g/mol. The predicted molar refractivity (Wildman–Crippen MR) is 49.8 cm³/mol. The highest BCUT2D eigenvalue weighted by molar-refractivity contribution is 8.00. The number of rotatable bonds is 2. The van der Waals surface area contributed by atoms with Crippen molar-refractivity contribution in [3.05, 3.63) is 12.5 Å². The first-order chi connectivity index (χ1) is 6.21. The molecule has 0 radical (unpaired) electrons. The molecule has 0 bridgehead atoms. The van der Waals surface area contributed by atoms with Crippen molar-refractivity contribution < 1.29 is 8.42 Å². The lowest BCUT2D eigenvalue weighted by Crippen LogP contribution is -2.28. The highest BCUT2D eigenvalue weighted by Gasteiger charge is 2.28. The van der Waals surface area contributed by atoms with Gasteiger partial charge in [0.1, 0.15) is 0 Å². The SMILES string of the molecule is O=S(=O)(c1cnc[nH]1)N1CCSC1. The van der Waals surface area contributed by atoms with Gasteiger partial charge in [0.05, 0.1) is 18.4 Å². The second kappa shape index (κ2) is 3.32. The maximum Gasteiger partial charge on any atom is 0.260 e. The first kappa shape index (κ1) is 9.04. The van der Waals surface area contributed by atoms with E-state index >= 15 is 0 Å². The van der Waals surface area contributed by atoms with Crippen LogP contribution < -0.4 is 0 Å². The quantitative estimate of drug-likeness (QED) is 0.766. The molecule has 0 aliphatic carbocycles. The fourth-order valence-electron chi connectivity index (χ4n) is 1.11. The Morgan fingerprint density at radius 2 is 2.46 bits per heavy atom. The molecule has 0 amide bonds. The fraction of sp³-hybridized carbons (Fsp3) is 0.500. The van der Waals surface area contributed by atoms with E-state index in [2.05, 4.69) is 9.97 Å². The van der Waals surface area contributed by atoms with Gasteiger partial charge in [-0.15, -0.1) is 11.8 Å². The number of aromatic amines is 1. The summed E-state index contributed by atoms with van der Waals surface area (Å²) in [4.78, 5) is 6.30. The van der Waals surface area contributed by atoms with E-state index in [1.807, 2.05) is 0 Å². The van der Waals surface area contributed by atoms with Gasteiger partial charge < -0.3 is 4.98 Å². The summed E-state index contributed by atoms with van der Waals surface area (Å²) < 4.78 is 24.9. The van der Waals surface area contributed by atoms with Gasteiger partial charge >= 0.3 is 0 Å². The Morgan fingerprint density at radius 3 is 3.00 bits per heavy atom. The zero-order valence-electron chi connectivity index (χ0n) is 6.80. The molecule has 1 aliphatic heterocycles. The second-order valence-electron chi connectivity index (χ2n) is 2.63. The lowest BCUT2D eigenvalue weighted by molar-refractivity contribution is 0.487. The van der Waals surface area contributed by atoms with Crippen LogP contribution in [0.3, 0.4) is 0 Å². The number of thioether (sulfide) groups is 1. The van der Waals surface area contributed by atoms with Crippen LogP contribution in [0.15, 0.2) is 17.6 Å². The summed E-state index contributed by atoms with van der Waals surface area (Å²) in [5.74, 6) is 1.41. The summed E-state index contributed by atoms with van der Waals surface area (Å²) in [6.07, 6.45) is 2.70. The Labute approximate surface area is 80.6 Å². The lowest BCUT2D eigenvalue weighted by atomic mass is 10.8. The van der Waals surface area contributed by atoms with Crippen molar-refractivity contribution in [3.8, 4) is 0 Å². The van der Waals surface area contributed by atoms with Crippen molar-refractivity contribution in [3.63, 3.8) is 0 Å². The van der Waals surface area contributed by atoms with Crippen molar-refractivity contribution >= 4 is 21.8 Å². The molecule has 2 rings (SSSR count). The Morgan fingerprint density at radius 1 is 1.62 bits per heavy atom. The van der Waals surface area contributed by atoms with Gasteiger partial charge in [0, 0.05) is 12.3 Å². The number of nitrogens with one attached hydrogen (secondary N) is 1. The molecular weight excluding hydrogens is 210 g/mol. The summed E-state index contributed by atoms with van der Waals surface area (Å²) in [6, 6.07) is 0. The largest absolute Gasteiger partial charge is 0.335 e. The van der Waals surface area contributed by atoms with Crippen LogP contribution in [-0.2, 0) is 10.0 Å². The lowest BCUT2D eigenvalue weighted by Gasteiger charge is -2.12. The van der Waals surface area contributed by atoms with Crippen molar-refractivity contribution in [1.29, 1.82) is 0 Å². The smallest absolute Gasteiger partial charge is 0.260 e. The minimum absolute atomic E-state index is 0.176. The van der Waals surface area contributed by atoms with E-state index in [0.717, 1.165) is 5.75 Å². The molecular formula is C6H9N3O2S2. The third kappa shape index (κ3) is 1.59. The number of hydrogen-bond acceptors (Lipinski definition) is 4. The number of H-pyrrole nitrogens is 1. The fourth-order valence-corrected chi connectivity index (χ4v) is 3.82. The Kier molecular flexibility index (Phi) is 2.31. The summed E-state index contributed by atoms with van der Waals surface area (Å²) in [5.41, 5.74) is 0. The van der Waals surface area contributed by atoms with Crippen LogP contribution >= 0.6 is 11.8 Å². The molecule has 1 aromatic rings. The molecule has 13 heavy (non-hydrogen) atoms. The van der Waals surface area contributed by atoms with E-state index in [-0.39, 0.29) is 5.03 Å². The average Bonchev–Trinajstić information content (AvgIpc) is 2.78. The first-order valence-electron chi connectivity index (χ1n) is 3.77. The normalized spacial score (nSPS) is 19.4. The minimum Gasteiger partial charge on any atom is -0.335 e. The summed E-state index contributed by atoms with van der Waals surface area (Å²) in [7, 11) is -3.30. The summed E-state index contributed by atoms with van der Waals surface area (Å²) >= 11 is 1.62. The van der Waals surface area contributed by atoms with E-state index in [1.54, 1.807) is 11.8 Å². The molecule has 0 unspecified atom stereocenters. The molecule has 1 aromatic heterocycles. The van der Waals surface area contributed by atoms with Crippen LogP contribution in [0.2, 0.25) is 0 Å². The molecule has 1 N–H and O–H groups in total.